The van der Waals surface area contributed by atoms with Gasteiger partial charge >= 0.3 is 0 Å². The highest BCUT2D eigenvalue weighted by Crippen LogP contribution is 2.22. The lowest BCUT2D eigenvalue weighted by Gasteiger charge is -2.26. The normalized spacial score (nSPS) is 13.9. The zero-order valence-electron chi connectivity index (χ0n) is 10.6. The molecule has 3 nitrogen and oxygen atoms in total. The topological polar surface area (TPSA) is 51.8 Å². The van der Waals surface area contributed by atoms with Gasteiger partial charge < -0.3 is 5.73 Å². The van der Waals surface area contributed by atoms with Crippen LogP contribution in [0, 0.1) is 5.41 Å². The second kappa shape index (κ2) is 4.41. The van der Waals surface area contributed by atoms with Gasteiger partial charge in [-0.15, -0.1) is 0 Å². The summed E-state index contributed by atoms with van der Waals surface area (Å²) in [6, 6.07) is 8.16. The molecule has 1 heterocycles. The fourth-order valence-electron chi connectivity index (χ4n) is 1.74. The molecule has 2 N–H and O–H groups in total. The maximum absolute atomic E-state index is 6.21. The van der Waals surface area contributed by atoms with Crippen molar-refractivity contribution >= 4 is 10.9 Å². The molecule has 1 aromatic heterocycles. The standard InChI is InChI=1S/C14H19N3/c1-14(2,3)13(15)8-12-10-6-4-5-7-11(10)16-9-17-12/h4-7,9,13H,8,15H2,1-3H3. The van der Waals surface area contributed by atoms with E-state index in [1.807, 2.05) is 18.2 Å². The van der Waals surface area contributed by atoms with Crippen LogP contribution in [0.15, 0.2) is 30.6 Å². The van der Waals surface area contributed by atoms with Gasteiger partial charge in [-0.25, -0.2) is 9.97 Å². The van der Waals surface area contributed by atoms with Gasteiger partial charge in [0, 0.05) is 17.8 Å². The van der Waals surface area contributed by atoms with Crippen molar-refractivity contribution in [3.05, 3.63) is 36.3 Å². The predicted octanol–water partition coefficient (Wildman–Crippen LogP) is 2.55. The van der Waals surface area contributed by atoms with Crippen LogP contribution in [0.1, 0.15) is 26.5 Å². The zero-order valence-corrected chi connectivity index (χ0v) is 10.6. The lowest BCUT2D eigenvalue weighted by Crippen LogP contribution is -2.37. The molecule has 0 aliphatic rings. The van der Waals surface area contributed by atoms with Crippen molar-refractivity contribution in [2.75, 3.05) is 0 Å². The van der Waals surface area contributed by atoms with Crippen LogP contribution in [0.4, 0.5) is 0 Å². The molecule has 0 amide bonds. The number of fused-ring (bicyclic) bond motifs is 1. The Balaban J connectivity index is 2.36. The van der Waals surface area contributed by atoms with E-state index < -0.39 is 0 Å². The number of nitrogens with two attached hydrogens (primary N) is 1. The van der Waals surface area contributed by atoms with Gasteiger partial charge in [0.25, 0.3) is 0 Å². The molecular weight excluding hydrogens is 210 g/mol. The molecule has 3 heteroatoms. The van der Waals surface area contributed by atoms with Gasteiger partial charge in [0.15, 0.2) is 0 Å². The molecule has 1 unspecified atom stereocenters. The van der Waals surface area contributed by atoms with Crippen molar-refractivity contribution in [3.63, 3.8) is 0 Å². The highest BCUT2D eigenvalue weighted by Gasteiger charge is 2.22. The molecule has 90 valence electrons. The van der Waals surface area contributed by atoms with E-state index in [-0.39, 0.29) is 11.5 Å². The van der Waals surface area contributed by atoms with E-state index in [1.165, 1.54) is 0 Å². The largest absolute Gasteiger partial charge is 0.327 e. The van der Waals surface area contributed by atoms with E-state index >= 15 is 0 Å². The smallest absolute Gasteiger partial charge is 0.116 e. The molecular formula is C14H19N3. The number of nitrogens with zero attached hydrogens (tertiary/aromatic N) is 2. The third-order valence-corrected chi connectivity index (χ3v) is 3.15. The van der Waals surface area contributed by atoms with Gasteiger partial charge in [-0.2, -0.15) is 0 Å². The summed E-state index contributed by atoms with van der Waals surface area (Å²) >= 11 is 0. The number of benzene rings is 1. The van der Waals surface area contributed by atoms with E-state index in [1.54, 1.807) is 6.33 Å². The van der Waals surface area contributed by atoms with E-state index in [4.69, 9.17) is 5.73 Å². The first kappa shape index (κ1) is 12.0. The van der Waals surface area contributed by atoms with Crippen LogP contribution in [0.5, 0.6) is 0 Å². The van der Waals surface area contributed by atoms with Crippen LogP contribution < -0.4 is 5.73 Å². The van der Waals surface area contributed by atoms with Crippen LogP contribution in [-0.4, -0.2) is 16.0 Å². The monoisotopic (exact) mass is 229 g/mol. The Labute approximate surface area is 102 Å². The maximum Gasteiger partial charge on any atom is 0.116 e. The third-order valence-electron chi connectivity index (χ3n) is 3.15. The van der Waals surface area contributed by atoms with Crippen molar-refractivity contribution in [3.8, 4) is 0 Å². The minimum absolute atomic E-state index is 0.0893. The first-order valence-electron chi connectivity index (χ1n) is 5.92. The summed E-state index contributed by atoms with van der Waals surface area (Å²) in [6.45, 7) is 6.46. The Morgan fingerprint density at radius 3 is 2.59 bits per heavy atom. The first-order chi connectivity index (χ1) is 7.98. The SMILES string of the molecule is CC(C)(C)C(N)Cc1ncnc2ccccc12. The van der Waals surface area contributed by atoms with Crippen LogP contribution in [0.2, 0.25) is 0 Å². The molecule has 2 aromatic rings. The maximum atomic E-state index is 6.21. The molecule has 0 saturated heterocycles. The van der Waals surface area contributed by atoms with Crippen LogP contribution >= 0.6 is 0 Å². The lowest BCUT2D eigenvalue weighted by atomic mass is 9.84. The average Bonchev–Trinajstić information content (AvgIpc) is 2.28. The second-order valence-corrected chi connectivity index (χ2v) is 5.51. The summed E-state index contributed by atoms with van der Waals surface area (Å²) in [5.41, 5.74) is 8.33. The minimum atomic E-state index is 0.0893. The number of hydrogen-bond donors (Lipinski definition) is 1. The summed E-state index contributed by atoms with van der Waals surface area (Å²) in [5, 5.41) is 1.11. The van der Waals surface area contributed by atoms with E-state index in [9.17, 15) is 0 Å². The first-order valence-corrected chi connectivity index (χ1v) is 5.92. The van der Waals surface area contributed by atoms with Crippen LogP contribution in [-0.2, 0) is 6.42 Å². The fraction of sp³-hybridized carbons (Fsp3) is 0.429. The Bertz CT molecular complexity index is 509. The summed E-state index contributed by atoms with van der Waals surface area (Å²) < 4.78 is 0. The average molecular weight is 229 g/mol. The Hall–Kier alpha value is -1.48. The number of aromatic nitrogens is 2. The van der Waals surface area contributed by atoms with Gasteiger partial charge in [0.05, 0.1) is 11.2 Å². The van der Waals surface area contributed by atoms with Gasteiger partial charge in [-0.05, 0) is 11.5 Å². The lowest BCUT2D eigenvalue weighted by molar-refractivity contribution is 0.317. The van der Waals surface area contributed by atoms with E-state index in [0.29, 0.717) is 0 Å². The van der Waals surface area contributed by atoms with Gasteiger partial charge in [0.1, 0.15) is 6.33 Å². The Morgan fingerprint density at radius 2 is 1.88 bits per heavy atom. The van der Waals surface area contributed by atoms with Crippen molar-refractivity contribution in [1.29, 1.82) is 0 Å². The molecule has 17 heavy (non-hydrogen) atoms. The van der Waals surface area contributed by atoms with Crippen molar-refractivity contribution in [2.45, 2.75) is 33.2 Å². The predicted molar refractivity (Wildman–Crippen MR) is 70.7 cm³/mol. The van der Waals surface area contributed by atoms with Crippen LogP contribution in [0.3, 0.4) is 0 Å². The van der Waals surface area contributed by atoms with E-state index in [0.717, 1.165) is 23.0 Å². The van der Waals surface area contributed by atoms with Crippen molar-refractivity contribution in [1.82, 2.24) is 9.97 Å². The zero-order chi connectivity index (χ0) is 12.5. The highest BCUT2D eigenvalue weighted by molar-refractivity contribution is 5.80. The van der Waals surface area contributed by atoms with Crippen LogP contribution in [0.25, 0.3) is 10.9 Å². The van der Waals surface area contributed by atoms with Crippen molar-refractivity contribution < 1.29 is 0 Å². The highest BCUT2D eigenvalue weighted by atomic mass is 14.8. The molecule has 1 aromatic carbocycles. The Kier molecular flexibility index (Phi) is 3.11. The molecule has 2 rings (SSSR count). The van der Waals surface area contributed by atoms with E-state index in [2.05, 4.69) is 36.8 Å². The second-order valence-electron chi connectivity index (χ2n) is 5.51. The summed E-state index contributed by atoms with van der Waals surface area (Å²) in [4.78, 5) is 8.63. The number of hydrogen-bond acceptors (Lipinski definition) is 3. The van der Waals surface area contributed by atoms with Crippen molar-refractivity contribution in [2.24, 2.45) is 11.1 Å². The Morgan fingerprint density at radius 1 is 1.18 bits per heavy atom. The quantitative estimate of drug-likeness (QED) is 0.861. The van der Waals surface area contributed by atoms with Gasteiger partial charge in [-0.3, -0.25) is 0 Å². The minimum Gasteiger partial charge on any atom is -0.327 e. The molecule has 0 radical (unpaired) electrons. The molecule has 0 saturated carbocycles. The summed E-state index contributed by atoms with van der Waals surface area (Å²) in [6.07, 6.45) is 2.40. The van der Waals surface area contributed by atoms with Gasteiger partial charge in [-0.1, -0.05) is 39.0 Å². The molecule has 0 fully saturated rings. The molecule has 0 aliphatic heterocycles. The molecule has 0 aliphatic carbocycles. The number of para-hydroxylation sites is 1. The molecule has 0 bridgehead atoms. The molecule has 1 atom stereocenters. The van der Waals surface area contributed by atoms with Gasteiger partial charge in [0.2, 0.25) is 0 Å². The fourth-order valence-corrected chi connectivity index (χ4v) is 1.74. The summed E-state index contributed by atoms with van der Waals surface area (Å²) in [5.74, 6) is 0. The third kappa shape index (κ3) is 2.61. The number of rotatable bonds is 2. The molecule has 0 spiro atoms. The summed E-state index contributed by atoms with van der Waals surface area (Å²) in [7, 11) is 0.